The molecule has 1 saturated heterocycles. The molecule has 1 aliphatic rings. The molecular formula is C13H17BrClFN2O2. The molecule has 7 heteroatoms. The lowest BCUT2D eigenvalue weighted by Crippen LogP contribution is -2.40. The second-order valence-electron chi connectivity index (χ2n) is 4.51. The molecule has 0 aliphatic carbocycles. The van der Waals surface area contributed by atoms with Crippen LogP contribution in [0.5, 0.6) is 5.75 Å². The van der Waals surface area contributed by atoms with Gasteiger partial charge in [0.15, 0.2) is 18.2 Å². The summed E-state index contributed by atoms with van der Waals surface area (Å²) in [6.45, 7) is 1.57. The first kappa shape index (κ1) is 17.2. The number of benzene rings is 1. The molecule has 2 rings (SSSR count). The van der Waals surface area contributed by atoms with Crippen LogP contribution in [0.3, 0.4) is 0 Å². The van der Waals surface area contributed by atoms with E-state index in [0.29, 0.717) is 4.47 Å². The number of halogens is 3. The predicted octanol–water partition coefficient (Wildman–Crippen LogP) is 2.21. The maximum absolute atomic E-state index is 13.5. The fraction of sp³-hybridized carbons (Fsp3) is 0.462. The van der Waals surface area contributed by atoms with Crippen LogP contribution in [0.2, 0.25) is 0 Å². The van der Waals surface area contributed by atoms with Gasteiger partial charge in [-0.25, -0.2) is 4.39 Å². The van der Waals surface area contributed by atoms with Gasteiger partial charge in [-0.15, -0.1) is 12.4 Å². The van der Waals surface area contributed by atoms with E-state index >= 15 is 0 Å². The number of likely N-dealkylation sites (N-methyl/N-ethyl adjacent to an activating group) is 1. The summed E-state index contributed by atoms with van der Waals surface area (Å²) in [5.41, 5.74) is 0. The summed E-state index contributed by atoms with van der Waals surface area (Å²) in [6, 6.07) is 4.69. The zero-order chi connectivity index (χ0) is 13.8. The molecule has 1 amide bonds. The van der Waals surface area contributed by atoms with Gasteiger partial charge in [0.25, 0.3) is 5.91 Å². The van der Waals surface area contributed by atoms with Gasteiger partial charge in [-0.1, -0.05) is 15.9 Å². The molecule has 1 heterocycles. The van der Waals surface area contributed by atoms with Gasteiger partial charge in [-0.2, -0.15) is 0 Å². The summed E-state index contributed by atoms with van der Waals surface area (Å²) in [4.78, 5) is 13.6. The Morgan fingerprint density at radius 3 is 2.95 bits per heavy atom. The van der Waals surface area contributed by atoms with E-state index in [0.717, 1.165) is 19.5 Å². The second kappa shape index (κ2) is 7.81. The summed E-state index contributed by atoms with van der Waals surface area (Å²) in [5.74, 6) is -0.530. The van der Waals surface area contributed by atoms with Gasteiger partial charge in [-0.3, -0.25) is 4.79 Å². The summed E-state index contributed by atoms with van der Waals surface area (Å²) in [7, 11) is 1.75. The molecule has 1 N–H and O–H groups in total. The molecule has 1 aromatic rings. The standard InChI is InChI=1S/C13H16BrFN2O2.ClH/c1-17(10-4-5-16-7-10)13(18)8-19-12-3-2-9(14)6-11(12)15;/h2-3,6,10,16H,4-5,7-8H2,1H3;1H. The fourth-order valence-electron chi connectivity index (χ4n) is 2.01. The van der Waals surface area contributed by atoms with Gasteiger partial charge in [0, 0.05) is 24.1 Å². The summed E-state index contributed by atoms with van der Waals surface area (Å²) in [5, 5.41) is 3.20. The quantitative estimate of drug-likeness (QED) is 0.887. The van der Waals surface area contributed by atoms with E-state index in [4.69, 9.17) is 4.74 Å². The number of ether oxygens (including phenoxy) is 1. The highest BCUT2D eigenvalue weighted by Crippen LogP contribution is 2.21. The van der Waals surface area contributed by atoms with Gasteiger partial charge in [0.1, 0.15) is 0 Å². The Balaban J connectivity index is 0.00000200. The Bertz CT molecular complexity index is 470. The van der Waals surface area contributed by atoms with Crippen molar-refractivity contribution in [1.29, 1.82) is 0 Å². The number of carbonyl (C=O) groups is 1. The predicted molar refractivity (Wildman–Crippen MR) is 80.9 cm³/mol. The molecule has 0 radical (unpaired) electrons. The van der Waals surface area contributed by atoms with Gasteiger partial charge in [-0.05, 0) is 31.2 Å². The molecule has 0 saturated carbocycles. The van der Waals surface area contributed by atoms with Crippen LogP contribution in [0.15, 0.2) is 22.7 Å². The van der Waals surface area contributed by atoms with E-state index in [1.54, 1.807) is 18.0 Å². The third kappa shape index (κ3) is 4.33. The summed E-state index contributed by atoms with van der Waals surface area (Å²) in [6.07, 6.45) is 0.939. The Morgan fingerprint density at radius 1 is 1.60 bits per heavy atom. The lowest BCUT2D eigenvalue weighted by atomic mass is 10.2. The zero-order valence-corrected chi connectivity index (χ0v) is 13.5. The summed E-state index contributed by atoms with van der Waals surface area (Å²) < 4.78 is 19.4. The number of nitrogens with zero attached hydrogens (tertiary/aromatic N) is 1. The monoisotopic (exact) mass is 366 g/mol. The smallest absolute Gasteiger partial charge is 0.260 e. The van der Waals surface area contributed by atoms with E-state index in [9.17, 15) is 9.18 Å². The molecule has 20 heavy (non-hydrogen) atoms. The van der Waals surface area contributed by atoms with Crippen LogP contribution < -0.4 is 10.1 Å². The van der Waals surface area contributed by atoms with Crippen LogP contribution >= 0.6 is 28.3 Å². The minimum absolute atomic E-state index is 0. The lowest BCUT2D eigenvalue weighted by Gasteiger charge is -2.23. The molecule has 1 aliphatic heterocycles. The normalized spacial score (nSPS) is 17.4. The number of hydrogen-bond donors (Lipinski definition) is 1. The van der Waals surface area contributed by atoms with Crippen molar-refractivity contribution in [3.8, 4) is 5.75 Å². The lowest BCUT2D eigenvalue weighted by molar-refractivity contribution is -0.133. The van der Waals surface area contributed by atoms with E-state index < -0.39 is 5.82 Å². The van der Waals surface area contributed by atoms with Crippen molar-refractivity contribution < 1.29 is 13.9 Å². The van der Waals surface area contributed by atoms with Crippen molar-refractivity contribution in [2.75, 3.05) is 26.7 Å². The van der Waals surface area contributed by atoms with Crippen LogP contribution in [-0.4, -0.2) is 43.6 Å². The van der Waals surface area contributed by atoms with Gasteiger partial charge < -0.3 is 15.0 Å². The van der Waals surface area contributed by atoms with E-state index in [-0.39, 0.29) is 36.7 Å². The third-order valence-corrected chi connectivity index (χ3v) is 3.71. The van der Waals surface area contributed by atoms with Crippen molar-refractivity contribution in [2.24, 2.45) is 0 Å². The molecule has 1 unspecified atom stereocenters. The molecule has 0 spiro atoms. The molecule has 0 aromatic heterocycles. The molecule has 112 valence electrons. The number of rotatable bonds is 4. The zero-order valence-electron chi connectivity index (χ0n) is 11.1. The van der Waals surface area contributed by atoms with Crippen LogP contribution in [0.25, 0.3) is 0 Å². The number of nitrogens with one attached hydrogen (secondary N) is 1. The maximum Gasteiger partial charge on any atom is 0.260 e. The van der Waals surface area contributed by atoms with Crippen LogP contribution in [0, 0.1) is 5.82 Å². The first-order valence-electron chi connectivity index (χ1n) is 6.12. The molecular weight excluding hydrogens is 351 g/mol. The van der Waals surface area contributed by atoms with Crippen LogP contribution in [-0.2, 0) is 4.79 Å². The first-order valence-corrected chi connectivity index (χ1v) is 6.91. The van der Waals surface area contributed by atoms with Crippen molar-refractivity contribution in [1.82, 2.24) is 10.2 Å². The first-order chi connectivity index (χ1) is 9.08. The topological polar surface area (TPSA) is 41.6 Å². The van der Waals surface area contributed by atoms with Crippen LogP contribution in [0.1, 0.15) is 6.42 Å². The highest BCUT2D eigenvalue weighted by molar-refractivity contribution is 9.10. The van der Waals surface area contributed by atoms with E-state index in [1.807, 2.05) is 0 Å². The Hall–Kier alpha value is -0.850. The second-order valence-corrected chi connectivity index (χ2v) is 5.43. The summed E-state index contributed by atoms with van der Waals surface area (Å²) >= 11 is 3.17. The van der Waals surface area contributed by atoms with Crippen molar-refractivity contribution in [3.05, 3.63) is 28.5 Å². The number of amides is 1. The molecule has 1 atom stereocenters. The van der Waals surface area contributed by atoms with Crippen molar-refractivity contribution >= 4 is 34.2 Å². The average molecular weight is 368 g/mol. The SMILES string of the molecule is CN(C(=O)COc1ccc(Br)cc1F)C1CCNC1.Cl. The Labute approximate surface area is 132 Å². The van der Waals surface area contributed by atoms with Gasteiger partial charge in [0.05, 0.1) is 0 Å². The highest BCUT2D eigenvalue weighted by Gasteiger charge is 2.23. The van der Waals surface area contributed by atoms with Crippen LogP contribution in [0.4, 0.5) is 4.39 Å². The largest absolute Gasteiger partial charge is 0.481 e. The maximum atomic E-state index is 13.5. The van der Waals surface area contributed by atoms with Crippen molar-refractivity contribution in [2.45, 2.75) is 12.5 Å². The molecule has 1 aromatic carbocycles. The minimum Gasteiger partial charge on any atom is -0.481 e. The minimum atomic E-state index is -0.479. The Kier molecular flexibility index (Phi) is 6.71. The molecule has 0 bridgehead atoms. The van der Waals surface area contributed by atoms with Crippen molar-refractivity contribution in [3.63, 3.8) is 0 Å². The van der Waals surface area contributed by atoms with Gasteiger partial charge >= 0.3 is 0 Å². The number of carbonyl (C=O) groups excluding carboxylic acids is 1. The molecule has 4 nitrogen and oxygen atoms in total. The highest BCUT2D eigenvalue weighted by atomic mass is 79.9. The molecule has 1 fully saturated rings. The fourth-order valence-corrected chi connectivity index (χ4v) is 2.34. The number of hydrogen-bond acceptors (Lipinski definition) is 3. The Morgan fingerprint density at radius 2 is 2.35 bits per heavy atom. The van der Waals surface area contributed by atoms with E-state index in [2.05, 4.69) is 21.2 Å². The average Bonchev–Trinajstić information content (AvgIpc) is 2.90. The van der Waals surface area contributed by atoms with E-state index in [1.165, 1.54) is 12.1 Å². The van der Waals surface area contributed by atoms with Gasteiger partial charge in [0.2, 0.25) is 0 Å². The third-order valence-electron chi connectivity index (χ3n) is 3.22.